The van der Waals surface area contributed by atoms with Crippen molar-refractivity contribution in [1.82, 2.24) is 10.1 Å². The van der Waals surface area contributed by atoms with E-state index in [4.69, 9.17) is 0 Å². The predicted octanol–water partition coefficient (Wildman–Crippen LogP) is 3.14. The molecule has 6 nitrogen and oxygen atoms in total. The fourth-order valence-electron chi connectivity index (χ4n) is 3.60. The number of carboxylic acid groups (broad SMARTS) is 1. The molecule has 0 radical (unpaired) electrons. The molecule has 2 aromatic rings. The Morgan fingerprint density at radius 1 is 1.37 bits per heavy atom. The molecule has 27 heavy (non-hydrogen) atoms. The van der Waals surface area contributed by atoms with Gasteiger partial charge in [0.05, 0.1) is 10.9 Å². The van der Waals surface area contributed by atoms with Crippen LogP contribution in [0.25, 0.3) is 10.9 Å². The van der Waals surface area contributed by atoms with Crippen LogP contribution < -0.4 is 15.6 Å². The molecule has 0 amide bonds. The Bertz CT molecular complexity index is 905. The van der Waals surface area contributed by atoms with Crippen molar-refractivity contribution in [2.75, 3.05) is 31.1 Å². The second-order valence-electron chi connectivity index (χ2n) is 6.92. The zero-order valence-corrected chi connectivity index (χ0v) is 15.8. The minimum atomic E-state index is -1.39. The van der Waals surface area contributed by atoms with E-state index in [1.54, 1.807) is 23.1 Å². The summed E-state index contributed by atoms with van der Waals surface area (Å²) in [5, 5.41) is 13.1. The summed E-state index contributed by atoms with van der Waals surface area (Å²) in [7, 11) is 0. The Kier molecular flexibility index (Phi) is 5.79. The summed E-state index contributed by atoms with van der Waals surface area (Å²) in [6, 6.07) is 5.09. The fourth-order valence-corrected chi connectivity index (χ4v) is 3.60. The maximum absolute atomic E-state index is 15.4. The van der Waals surface area contributed by atoms with Gasteiger partial charge in [-0.15, -0.1) is 0 Å². The summed E-state index contributed by atoms with van der Waals surface area (Å²) in [6.07, 6.45) is 2.61. The molecule has 0 bridgehead atoms. The number of nitrogens with zero attached hydrogens (tertiary/aromatic N) is 2. The molecule has 1 aromatic heterocycles. The first-order chi connectivity index (χ1) is 13.0. The van der Waals surface area contributed by atoms with Crippen molar-refractivity contribution in [2.45, 2.75) is 39.0 Å². The Morgan fingerprint density at radius 2 is 2.11 bits per heavy atom. The van der Waals surface area contributed by atoms with E-state index in [0.717, 1.165) is 37.9 Å². The minimum Gasteiger partial charge on any atom is -0.477 e. The van der Waals surface area contributed by atoms with Gasteiger partial charge in [0.25, 0.3) is 0 Å². The SMILES string of the molecule is CCNCCCN(CC)c1c(C(=O)O)c(=O)c2c(C3CC3)cccc2n1F. The van der Waals surface area contributed by atoms with E-state index in [9.17, 15) is 14.7 Å². The van der Waals surface area contributed by atoms with Gasteiger partial charge in [0.2, 0.25) is 5.43 Å². The van der Waals surface area contributed by atoms with Gasteiger partial charge in [-0.2, -0.15) is 4.79 Å². The highest BCUT2D eigenvalue weighted by molar-refractivity contribution is 5.99. The van der Waals surface area contributed by atoms with E-state index >= 15 is 4.48 Å². The van der Waals surface area contributed by atoms with Gasteiger partial charge in [0.1, 0.15) is 0 Å². The van der Waals surface area contributed by atoms with Crippen molar-refractivity contribution in [3.8, 4) is 0 Å². The standard InChI is InChI=1S/C20H26FN3O3/c1-3-22-11-6-12-23(4-2)19-17(20(26)27)18(25)16-14(13-9-10-13)7-5-8-15(16)24(19)21/h5,7-8,13,22H,3-4,6,9-12H2,1-2H3,(H,26,27). The highest BCUT2D eigenvalue weighted by atomic mass is 19.2. The van der Waals surface area contributed by atoms with Crippen LogP contribution in [-0.4, -0.2) is 42.0 Å². The van der Waals surface area contributed by atoms with E-state index in [0.29, 0.717) is 17.9 Å². The quantitative estimate of drug-likeness (QED) is 0.659. The first-order valence-corrected chi connectivity index (χ1v) is 9.57. The second kappa shape index (κ2) is 8.08. The van der Waals surface area contributed by atoms with Gasteiger partial charge in [-0.05, 0) is 56.8 Å². The molecule has 0 spiro atoms. The van der Waals surface area contributed by atoms with Crippen molar-refractivity contribution in [3.05, 3.63) is 39.5 Å². The van der Waals surface area contributed by atoms with Crippen molar-refractivity contribution in [1.29, 1.82) is 0 Å². The van der Waals surface area contributed by atoms with Gasteiger partial charge in [0, 0.05) is 13.1 Å². The maximum Gasteiger partial charge on any atom is 0.343 e. The number of carbonyl (C=O) groups is 1. The molecule has 2 N–H and O–H groups in total. The molecule has 1 fully saturated rings. The first-order valence-electron chi connectivity index (χ1n) is 9.57. The number of nitrogens with one attached hydrogen (secondary N) is 1. The Hall–Kier alpha value is -2.41. The molecule has 1 aromatic carbocycles. The number of rotatable bonds is 9. The molecular weight excluding hydrogens is 349 g/mol. The molecule has 3 rings (SSSR count). The zero-order valence-electron chi connectivity index (χ0n) is 15.8. The van der Waals surface area contributed by atoms with E-state index in [-0.39, 0.29) is 22.6 Å². The van der Waals surface area contributed by atoms with Crippen LogP contribution in [0.2, 0.25) is 0 Å². The third-order valence-corrected chi connectivity index (χ3v) is 5.09. The number of pyridine rings is 1. The first kappa shape index (κ1) is 19.4. The summed E-state index contributed by atoms with van der Waals surface area (Å²) >= 11 is 0. The average Bonchev–Trinajstić information content (AvgIpc) is 3.49. The lowest BCUT2D eigenvalue weighted by molar-refractivity contribution is 0.0694. The van der Waals surface area contributed by atoms with E-state index in [1.807, 2.05) is 13.8 Å². The summed E-state index contributed by atoms with van der Waals surface area (Å²) in [5.74, 6) is -1.33. The monoisotopic (exact) mass is 375 g/mol. The lowest BCUT2D eigenvalue weighted by Crippen LogP contribution is -2.33. The molecule has 0 saturated heterocycles. The predicted molar refractivity (Wildman–Crippen MR) is 105 cm³/mol. The second-order valence-corrected chi connectivity index (χ2v) is 6.92. The van der Waals surface area contributed by atoms with Gasteiger partial charge in [-0.1, -0.05) is 23.5 Å². The van der Waals surface area contributed by atoms with Gasteiger partial charge in [0.15, 0.2) is 11.4 Å². The lowest BCUT2D eigenvalue weighted by Gasteiger charge is -2.26. The minimum absolute atomic E-state index is 0.148. The highest BCUT2D eigenvalue weighted by Crippen LogP contribution is 2.43. The number of anilines is 1. The van der Waals surface area contributed by atoms with Crippen molar-refractivity contribution in [3.63, 3.8) is 0 Å². The molecule has 1 heterocycles. The van der Waals surface area contributed by atoms with Gasteiger partial charge >= 0.3 is 5.97 Å². The van der Waals surface area contributed by atoms with Gasteiger partial charge in [-0.25, -0.2) is 4.79 Å². The smallest absolute Gasteiger partial charge is 0.343 e. The molecule has 0 atom stereocenters. The molecule has 0 aliphatic heterocycles. The molecule has 146 valence electrons. The van der Waals surface area contributed by atoms with Crippen molar-refractivity contribution < 1.29 is 14.4 Å². The van der Waals surface area contributed by atoms with Crippen LogP contribution in [0.15, 0.2) is 23.0 Å². The van der Waals surface area contributed by atoms with E-state index in [1.165, 1.54) is 0 Å². The van der Waals surface area contributed by atoms with Gasteiger partial charge in [-0.3, -0.25) is 4.79 Å². The number of hydrogen-bond acceptors (Lipinski definition) is 4. The maximum atomic E-state index is 15.4. The molecule has 1 aliphatic carbocycles. The van der Waals surface area contributed by atoms with Crippen molar-refractivity contribution in [2.24, 2.45) is 0 Å². The van der Waals surface area contributed by atoms with Gasteiger partial charge < -0.3 is 15.3 Å². The largest absolute Gasteiger partial charge is 0.477 e. The third kappa shape index (κ3) is 3.69. The third-order valence-electron chi connectivity index (χ3n) is 5.09. The number of carboxylic acids is 1. The normalized spacial score (nSPS) is 13.9. The zero-order chi connectivity index (χ0) is 19.6. The number of hydrogen-bond donors (Lipinski definition) is 2. The lowest BCUT2D eigenvalue weighted by atomic mass is 10.0. The van der Waals surface area contributed by atoms with Crippen LogP contribution in [0.4, 0.5) is 10.3 Å². The summed E-state index contributed by atoms with van der Waals surface area (Å²) in [4.78, 5) is 27.0. The molecule has 0 unspecified atom stereocenters. The summed E-state index contributed by atoms with van der Waals surface area (Å²) in [5.41, 5.74) is -0.167. The topological polar surface area (TPSA) is 74.6 Å². The number of aromatic carboxylic acids is 1. The number of benzene rings is 1. The number of aromatic nitrogens is 1. The van der Waals surface area contributed by atoms with E-state index in [2.05, 4.69) is 5.32 Å². The van der Waals surface area contributed by atoms with Crippen LogP contribution in [0.1, 0.15) is 54.9 Å². The molecular formula is C20H26FN3O3. The average molecular weight is 375 g/mol. The van der Waals surface area contributed by atoms with Crippen LogP contribution in [0.3, 0.4) is 0 Å². The van der Waals surface area contributed by atoms with Crippen LogP contribution in [0, 0.1) is 0 Å². The fraction of sp³-hybridized carbons (Fsp3) is 0.500. The highest BCUT2D eigenvalue weighted by Gasteiger charge is 2.31. The van der Waals surface area contributed by atoms with Crippen LogP contribution >= 0.6 is 0 Å². The molecule has 1 saturated carbocycles. The van der Waals surface area contributed by atoms with Crippen molar-refractivity contribution >= 4 is 22.7 Å². The summed E-state index contributed by atoms with van der Waals surface area (Å²) < 4.78 is 15.4. The summed E-state index contributed by atoms with van der Waals surface area (Å²) in [6.45, 7) is 6.27. The Morgan fingerprint density at radius 3 is 2.70 bits per heavy atom. The van der Waals surface area contributed by atoms with E-state index < -0.39 is 17.0 Å². The Labute approximate surface area is 157 Å². The molecule has 1 aliphatic rings. The number of fused-ring (bicyclic) bond motifs is 1. The molecule has 7 heteroatoms. The Balaban J connectivity index is 2.16. The van der Waals surface area contributed by atoms with Crippen LogP contribution in [0.5, 0.6) is 0 Å². The number of halogens is 1. The van der Waals surface area contributed by atoms with Crippen LogP contribution in [-0.2, 0) is 0 Å².